The minimum absolute atomic E-state index is 0.0203. The summed E-state index contributed by atoms with van der Waals surface area (Å²) < 4.78 is 43.6. The van der Waals surface area contributed by atoms with E-state index in [1.54, 1.807) is 5.38 Å². The Morgan fingerprint density at radius 2 is 1.93 bits per heavy atom. The number of nitrogens with zero attached hydrogens (tertiary/aromatic N) is 1. The maximum absolute atomic E-state index is 12.7. The fourth-order valence-corrected chi connectivity index (χ4v) is 3.17. The Morgan fingerprint density at radius 1 is 1.18 bits per heavy atom. The molecule has 1 atom stereocenters. The third kappa shape index (κ3) is 5.10. The molecule has 1 heterocycles. The summed E-state index contributed by atoms with van der Waals surface area (Å²) in [6, 6.07) is 14.0. The predicted octanol–water partition coefficient (Wildman–Crippen LogP) is 5.23. The molecule has 0 saturated heterocycles. The lowest BCUT2D eigenvalue weighted by atomic mass is 10.1. The van der Waals surface area contributed by atoms with E-state index in [-0.39, 0.29) is 30.0 Å². The molecule has 8 heteroatoms. The predicted molar refractivity (Wildman–Crippen MR) is 100 cm³/mol. The highest BCUT2D eigenvalue weighted by molar-refractivity contribution is 7.09. The van der Waals surface area contributed by atoms with Gasteiger partial charge in [-0.05, 0) is 30.7 Å². The van der Waals surface area contributed by atoms with Gasteiger partial charge in [0.2, 0.25) is 0 Å². The van der Waals surface area contributed by atoms with Crippen molar-refractivity contribution in [1.29, 1.82) is 0 Å². The van der Waals surface area contributed by atoms with E-state index in [9.17, 15) is 18.0 Å². The molecule has 2 aromatic carbocycles. The summed E-state index contributed by atoms with van der Waals surface area (Å²) >= 11 is 1.21. The van der Waals surface area contributed by atoms with Crippen LogP contribution in [0.5, 0.6) is 5.75 Å². The van der Waals surface area contributed by atoms with Crippen molar-refractivity contribution in [3.63, 3.8) is 0 Å². The number of thiazole rings is 1. The molecule has 1 N–H and O–H groups in total. The number of alkyl halides is 3. The molecule has 0 aliphatic heterocycles. The molecule has 0 aliphatic carbocycles. The van der Waals surface area contributed by atoms with Crippen LogP contribution in [-0.2, 0) is 12.8 Å². The van der Waals surface area contributed by atoms with Crippen molar-refractivity contribution in [1.82, 2.24) is 10.3 Å². The van der Waals surface area contributed by atoms with Crippen LogP contribution in [0.25, 0.3) is 0 Å². The summed E-state index contributed by atoms with van der Waals surface area (Å²) in [6.45, 7) is 1.85. The van der Waals surface area contributed by atoms with E-state index in [1.807, 2.05) is 37.3 Å². The number of ether oxygens (including phenoxy) is 1. The van der Waals surface area contributed by atoms with Gasteiger partial charge in [0, 0.05) is 5.38 Å². The van der Waals surface area contributed by atoms with Crippen molar-refractivity contribution < 1.29 is 22.7 Å². The summed E-state index contributed by atoms with van der Waals surface area (Å²) in [5, 5.41) is 4.95. The summed E-state index contributed by atoms with van der Waals surface area (Å²) in [5.74, 6) is -0.230. The fourth-order valence-electron chi connectivity index (χ4n) is 2.48. The van der Waals surface area contributed by atoms with Crippen molar-refractivity contribution in [3.8, 4) is 5.75 Å². The second-order valence-electron chi connectivity index (χ2n) is 6.05. The van der Waals surface area contributed by atoms with Gasteiger partial charge in [-0.15, -0.1) is 11.3 Å². The number of carbonyl (C=O) groups excluding carboxylic acids is 1. The monoisotopic (exact) mass is 406 g/mol. The van der Waals surface area contributed by atoms with E-state index in [1.165, 1.54) is 23.5 Å². The van der Waals surface area contributed by atoms with Gasteiger partial charge in [-0.3, -0.25) is 4.79 Å². The third-order valence-corrected chi connectivity index (χ3v) is 4.78. The number of amides is 1. The lowest BCUT2D eigenvalue weighted by Gasteiger charge is -2.13. The number of hydrogen-bond acceptors (Lipinski definition) is 4. The SMILES string of the molecule is CC(NC(=O)c1csc(COc2cccc(C(F)(F)F)c2)n1)c1ccccc1. The molecule has 1 amide bonds. The van der Waals surface area contributed by atoms with Crippen LogP contribution in [0, 0.1) is 0 Å². The zero-order valence-corrected chi connectivity index (χ0v) is 15.7. The van der Waals surface area contributed by atoms with Gasteiger partial charge >= 0.3 is 6.18 Å². The first-order chi connectivity index (χ1) is 13.3. The molecule has 1 aromatic heterocycles. The van der Waals surface area contributed by atoms with Crippen molar-refractivity contribution in [2.24, 2.45) is 0 Å². The van der Waals surface area contributed by atoms with Gasteiger partial charge in [0.15, 0.2) is 0 Å². The van der Waals surface area contributed by atoms with Crippen LogP contribution in [0.2, 0.25) is 0 Å². The van der Waals surface area contributed by atoms with Crippen LogP contribution in [0.4, 0.5) is 13.2 Å². The minimum atomic E-state index is -4.43. The number of benzene rings is 2. The molecule has 28 heavy (non-hydrogen) atoms. The molecule has 146 valence electrons. The van der Waals surface area contributed by atoms with Gasteiger partial charge in [-0.25, -0.2) is 4.98 Å². The Bertz CT molecular complexity index is 942. The molecule has 0 fully saturated rings. The van der Waals surface area contributed by atoms with Crippen LogP contribution in [0.15, 0.2) is 60.0 Å². The van der Waals surface area contributed by atoms with Gasteiger partial charge in [0.05, 0.1) is 11.6 Å². The van der Waals surface area contributed by atoms with E-state index in [4.69, 9.17) is 4.74 Å². The zero-order chi connectivity index (χ0) is 20.1. The van der Waals surface area contributed by atoms with Crippen molar-refractivity contribution in [2.45, 2.75) is 25.7 Å². The highest BCUT2D eigenvalue weighted by Crippen LogP contribution is 2.31. The first-order valence-corrected chi connectivity index (χ1v) is 9.31. The summed E-state index contributed by atoms with van der Waals surface area (Å²) in [4.78, 5) is 16.5. The quantitative estimate of drug-likeness (QED) is 0.610. The van der Waals surface area contributed by atoms with Crippen LogP contribution in [0.1, 0.15) is 39.6 Å². The smallest absolute Gasteiger partial charge is 0.416 e. The van der Waals surface area contributed by atoms with Crippen LogP contribution in [0.3, 0.4) is 0 Å². The topological polar surface area (TPSA) is 51.2 Å². The number of rotatable bonds is 6. The molecule has 0 saturated carbocycles. The Balaban J connectivity index is 1.59. The number of carbonyl (C=O) groups is 1. The first kappa shape index (κ1) is 19.9. The first-order valence-electron chi connectivity index (χ1n) is 8.43. The van der Waals surface area contributed by atoms with Crippen LogP contribution >= 0.6 is 11.3 Å². The van der Waals surface area contributed by atoms with E-state index >= 15 is 0 Å². The number of hydrogen-bond donors (Lipinski definition) is 1. The van der Waals surface area contributed by atoms with Crippen molar-refractivity contribution >= 4 is 17.2 Å². The molecule has 1 unspecified atom stereocenters. The Hall–Kier alpha value is -2.87. The molecular formula is C20H17F3N2O2S. The number of halogens is 3. The normalized spacial score (nSPS) is 12.4. The summed E-state index contributed by atoms with van der Waals surface area (Å²) in [5.41, 5.74) is 0.439. The zero-order valence-electron chi connectivity index (χ0n) is 14.9. The van der Waals surface area contributed by atoms with Gasteiger partial charge in [-0.2, -0.15) is 13.2 Å². The molecule has 0 spiro atoms. The lowest BCUT2D eigenvalue weighted by Crippen LogP contribution is -2.26. The number of aromatic nitrogens is 1. The molecule has 3 aromatic rings. The van der Waals surface area contributed by atoms with E-state index in [0.717, 1.165) is 17.7 Å². The average Bonchev–Trinajstić information content (AvgIpc) is 3.16. The Morgan fingerprint density at radius 3 is 2.64 bits per heavy atom. The Kier molecular flexibility index (Phi) is 5.99. The molecule has 3 rings (SSSR count). The van der Waals surface area contributed by atoms with Gasteiger partial charge < -0.3 is 10.1 Å². The highest BCUT2D eigenvalue weighted by Gasteiger charge is 2.30. The molecule has 0 aliphatic rings. The highest BCUT2D eigenvalue weighted by atomic mass is 32.1. The van der Waals surface area contributed by atoms with Crippen molar-refractivity contribution in [2.75, 3.05) is 0 Å². The average molecular weight is 406 g/mol. The molecule has 0 bridgehead atoms. The minimum Gasteiger partial charge on any atom is -0.486 e. The lowest BCUT2D eigenvalue weighted by molar-refractivity contribution is -0.137. The van der Waals surface area contributed by atoms with E-state index < -0.39 is 11.7 Å². The molecule has 0 radical (unpaired) electrons. The number of nitrogens with one attached hydrogen (secondary N) is 1. The van der Waals surface area contributed by atoms with E-state index in [2.05, 4.69) is 10.3 Å². The van der Waals surface area contributed by atoms with Gasteiger partial charge in [-0.1, -0.05) is 36.4 Å². The second kappa shape index (κ2) is 8.43. The van der Waals surface area contributed by atoms with Gasteiger partial charge in [0.1, 0.15) is 23.1 Å². The van der Waals surface area contributed by atoms with E-state index in [0.29, 0.717) is 5.01 Å². The van der Waals surface area contributed by atoms with Crippen LogP contribution in [-0.4, -0.2) is 10.9 Å². The maximum Gasteiger partial charge on any atom is 0.416 e. The molecular weight excluding hydrogens is 389 g/mol. The Labute approximate surface area is 164 Å². The van der Waals surface area contributed by atoms with Crippen LogP contribution < -0.4 is 10.1 Å². The van der Waals surface area contributed by atoms with Crippen molar-refractivity contribution in [3.05, 3.63) is 81.8 Å². The third-order valence-electron chi connectivity index (χ3n) is 3.96. The fraction of sp³-hybridized carbons (Fsp3) is 0.200. The molecule has 4 nitrogen and oxygen atoms in total. The summed E-state index contributed by atoms with van der Waals surface area (Å²) in [6.07, 6.45) is -4.43. The maximum atomic E-state index is 12.7. The van der Waals surface area contributed by atoms with Gasteiger partial charge in [0.25, 0.3) is 5.91 Å². The summed E-state index contributed by atoms with van der Waals surface area (Å²) in [7, 11) is 0. The standard InChI is InChI=1S/C20H17F3N2O2S/c1-13(14-6-3-2-4-7-14)24-19(26)17-12-28-18(25-17)11-27-16-9-5-8-15(10-16)20(21,22)23/h2-10,12-13H,11H2,1H3,(H,24,26). The largest absolute Gasteiger partial charge is 0.486 e. The second-order valence-corrected chi connectivity index (χ2v) is 6.99.